The summed E-state index contributed by atoms with van der Waals surface area (Å²) in [7, 11) is -3.50. The summed E-state index contributed by atoms with van der Waals surface area (Å²) in [5.74, 6) is 0.282. The summed E-state index contributed by atoms with van der Waals surface area (Å²) < 4.78 is 27.5. The topological polar surface area (TPSA) is 96.4 Å². The van der Waals surface area contributed by atoms with E-state index in [0.29, 0.717) is 47.5 Å². The maximum absolute atomic E-state index is 13.1. The van der Waals surface area contributed by atoms with Crippen LogP contribution in [-0.2, 0) is 16.4 Å². The zero-order valence-electron chi connectivity index (χ0n) is 16.8. The molecule has 0 spiro atoms. The third-order valence-electron chi connectivity index (χ3n) is 5.62. The largest absolute Gasteiger partial charge is 0.306 e. The summed E-state index contributed by atoms with van der Waals surface area (Å²) in [4.78, 5) is 27.8. The molecule has 8 nitrogen and oxygen atoms in total. The van der Waals surface area contributed by atoms with Gasteiger partial charge in [0.1, 0.15) is 5.69 Å². The number of nitrogens with zero attached hydrogens (tertiary/aromatic N) is 5. The Kier molecular flexibility index (Phi) is 5.28. The molecule has 1 aromatic carbocycles. The molecule has 2 aliphatic rings. The standard InChI is InChI=1S/C21H21N5O3S2/c27-21(17-14-30-20(24-17)19-22-8-4-9-23-19)26-12-7-15-13-16(5-6-18(15)26)31(28,29)25-10-2-1-3-11-25/h4-6,8-9,13-14H,1-3,7,10-12H2. The fourth-order valence-electron chi connectivity index (χ4n) is 4.03. The highest BCUT2D eigenvalue weighted by molar-refractivity contribution is 7.89. The van der Waals surface area contributed by atoms with Gasteiger partial charge in [-0.3, -0.25) is 4.79 Å². The van der Waals surface area contributed by atoms with Crippen LogP contribution in [0.15, 0.2) is 46.9 Å². The van der Waals surface area contributed by atoms with Gasteiger partial charge in [-0.05, 0) is 49.1 Å². The minimum absolute atomic E-state index is 0.205. The number of rotatable bonds is 4. The summed E-state index contributed by atoms with van der Waals surface area (Å²) in [6, 6.07) is 6.80. The summed E-state index contributed by atoms with van der Waals surface area (Å²) in [5, 5.41) is 2.30. The fraction of sp³-hybridized carbons (Fsp3) is 0.333. The van der Waals surface area contributed by atoms with Gasteiger partial charge in [-0.1, -0.05) is 6.42 Å². The van der Waals surface area contributed by atoms with E-state index in [4.69, 9.17) is 0 Å². The van der Waals surface area contributed by atoms with Crippen molar-refractivity contribution >= 4 is 33.0 Å². The summed E-state index contributed by atoms with van der Waals surface area (Å²) in [6.07, 6.45) is 6.76. The molecule has 0 unspecified atom stereocenters. The molecule has 0 radical (unpaired) electrons. The minimum Gasteiger partial charge on any atom is -0.306 e. The van der Waals surface area contributed by atoms with Crippen LogP contribution in [-0.4, -0.2) is 53.2 Å². The zero-order valence-corrected chi connectivity index (χ0v) is 18.4. The second-order valence-corrected chi connectivity index (χ2v) is 10.4. The first-order valence-electron chi connectivity index (χ1n) is 10.2. The number of carbonyl (C=O) groups is 1. The number of sulfonamides is 1. The van der Waals surface area contributed by atoms with Gasteiger partial charge in [-0.2, -0.15) is 4.31 Å². The van der Waals surface area contributed by atoms with Crippen LogP contribution in [0.25, 0.3) is 10.8 Å². The number of anilines is 1. The van der Waals surface area contributed by atoms with Crippen molar-refractivity contribution < 1.29 is 13.2 Å². The molecule has 4 heterocycles. The molecule has 2 aromatic heterocycles. The minimum atomic E-state index is -3.50. The molecular weight excluding hydrogens is 434 g/mol. The Morgan fingerprint density at radius 3 is 2.58 bits per heavy atom. The lowest BCUT2D eigenvalue weighted by atomic mass is 10.2. The van der Waals surface area contributed by atoms with Crippen LogP contribution in [0.1, 0.15) is 35.3 Å². The van der Waals surface area contributed by atoms with Crippen molar-refractivity contribution in [1.82, 2.24) is 19.3 Å². The van der Waals surface area contributed by atoms with Crippen LogP contribution in [0.4, 0.5) is 5.69 Å². The van der Waals surface area contributed by atoms with Gasteiger partial charge in [0.15, 0.2) is 10.8 Å². The van der Waals surface area contributed by atoms with E-state index in [1.54, 1.807) is 51.2 Å². The molecule has 0 aliphatic carbocycles. The lowest BCUT2D eigenvalue weighted by Crippen LogP contribution is -2.35. The van der Waals surface area contributed by atoms with E-state index in [2.05, 4.69) is 15.0 Å². The van der Waals surface area contributed by atoms with Crippen molar-refractivity contribution in [2.45, 2.75) is 30.6 Å². The van der Waals surface area contributed by atoms with E-state index in [-0.39, 0.29) is 5.91 Å². The maximum atomic E-state index is 13.1. The van der Waals surface area contributed by atoms with E-state index in [9.17, 15) is 13.2 Å². The molecule has 1 amide bonds. The number of fused-ring (bicyclic) bond motifs is 1. The molecule has 0 saturated carbocycles. The lowest BCUT2D eigenvalue weighted by molar-refractivity contribution is 0.0985. The van der Waals surface area contributed by atoms with Gasteiger partial charge in [0.05, 0.1) is 4.90 Å². The molecule has 31 heavy (non-hydrogen) atoms. The van der Waals surface area contributed by atoms with Gasteiger partial charge in [0.2, 0.25) is 10.0 Å². The van der Waals surface area contributed by atoms with Gasteiger partial charge in [0, 0.05) is 43.1 Å². The first kappa shape index (κ1) is 20.2. The smallest absolute Gasteiger partial charge is 0.277 e. The molecule has 5 rings (SSSR count). The molecule has 0 bridgehead atoms. The van der Waals surface area contributed by atoms with Crippen molar-refractivity contribution in [1.29, 1.82) is 0 Å². The molecular formula is C21H21N5O3S2. The number of carbonyl (C=O) groups excluding carboxylic acids is 1. The number of piperidine rings is 1. The number of aromatic nitrogens is 3. The van der Waals surface area contributed by atoms with Crippen LogP contribution in [0.3, 0.4) is 0 Å². The van der Waals surface area contributed by atoms with E-state index < -0.39 is 10.0 Å². The van der Waals surface area contributed by atoms with Gasteiger partial charge >= 0.3 is 0 Å². The fourth-order valence-corrected chi connectivity index (χ4v) is 6.33. The average molecular weight is 456 g/mol. The van der Waals surface area contributed by atoms with Gasteiger partial charge < -0.3 is 4.90 Å². The van der Waals surface area contributed by atoms with Crippen molar-refractivity contribution in [2.75, 3.05) is 24.5 Å². The summed E-state index contributed by atoms with van der Waals surface area (Å²) in [6.45, 7) is 1.64. The third-order valence-corrected chi connectivity index (χ3v) is 8.36. The molecule has 160 valence electrons. The second kappa shape index (κ2) is 8.10. The molecule has 10 heteroatoms. The highest BCUT2D eigenvalue weighted by Crippen LogP contribution is 2.33. The predicted octanol–water partition coefficient (Wildman–Crippen LogP) is 2.98. The molecule has 3 aromatic rings. The van der Waals surface area contributed by atoms with Crippen LogP contribution in [0.2, 0.25) is 0 Å². The van der Waals surface area contributed by atoms with Gasteiger partial charge in [0.25, 0.3) is 5.91 Å². The molecule has 1 fully saturated rings. The quantitative estimate of drug-likeness (QED) is 0.600. The number of thiazole rings is 1. The van der Waals surface area contributed by atoms with Crippen LogP contribution in [0.5, 0.6) is 0 Å². The predicted molar refractivity (Wildman–Crippen MR) is 118 cm³/mol. The Morgan fingerprint density at radius 1 is 1.03 bits per heavy atom. The highest BCUT2D eigenvalue weighted by Gasteiger charge is 2.31. The molecule has 0 atom stereocenters. The number of amides is 1. The van der Waals surface area contributed by atoms with Crippen LogP contribution >= 0.6 is 11.3 Å². The molecule has 2 aliphatic heterocycles. The highest BCUT2D eigenvalue weighted by atomic mass is 32.2. The zero-order chi connectivity index (χ0) is 21.4. The lowest BCUT2D eigenvalue weighted by Gasteiger charge is -2.26. The van der Waals surface area contributed by atoms with E-state index >= 15 is 0 Å². The van der Waals surface area contributed by atoms with Crippen molar-refractivity contribution in [3.05, 3.63) is 53.3 Å². The van der Waals surface area contributed by atoms with Crippen molar-refractivity contribution in [3.63, 3.8) is 0 Å². The normalized spacial score (nSPS) is 17.0. The maximum Gasteiger partial charge on any atom is 0.277 e. The third kappa shape index (κ3) is 3.75. The number of hydrogen-bond donors (Lipinski definition) is 0. The molecule has 0 N–H and O–H groups in total. The van der Waals surface area contributed by atoms with Gasteiger partial charge in [-0.15, -0.1) is 11.3 Å². The Bertz CT molecular complexity index is 1220. The van der Waals surface area contributed by atoms with Crippen molar-refractivity contribution in [3.8, 4) is 10.8 Å². The SMILES string of the molecule is O=C(c1csc(-c2ncccn2)n1)N1CCc2cc(S(=O)(=O)N3CCCCC3)ccc21. The molecule has 1 saturated heterocycles. The Morgan fingerprint density at radius 2 is 1.81 bits per heavy atom. The summed E-state index contributed by atoms with van der Waals surface area (Å²) >= 11 is 1.32. The van der Waals surface area contributed by atoms with Gasteiger partial charge in [-0.25, -0.2) is 23.4 Å². The van der Waals surface area contributed by atoms with E-state index in [0.717, 1.165) is 30.5 Å². The average Bonchev–Trinajstić information content (AvgIpc) is 3.47. The van der Waals surface area contributed by atoms with Crippen LogP contribution < -0.4 is 4.90 Å². The number of hydrogen-bond acceptors (Lipinski definition) is 7. The Hall–Kier alpha value is -2.69. The van der Waals surface area contributed by atoms with Crippen LogP contribution in [0, 0.1) is 0 Å². The Balaban J connectivity index is 1.39. The Labute approximate surface area is 184 Å². The second-order valence-electron chi connectivity index (χ2n) is 7.57. The van der Waals surface area contributed by atoms with Crippen molar-refractivity contribution in [2.24, 2.45) is 0 Å². The number of benzene rings is 1. The first-order valence-corrected chi connectivity index (χ1v) is 12.5. The first-order chi connectivity index (χ1) is 15.0. The van der Waals surface area contributed by atoms with E-state index in [1.165, 1.54) is 11.3 Å². The monoisotopic (exact) mass is 455 g/mol. The summed E-state index contributed by atoms with van der Waals surface area (Å²) in [5.41, 5.74) is 1.95. The van der Waals surface area contributed by atoms with E-state index in [1.807, 2.05) is 0 Å².